The minimum absolute atomic E-state index is 0.0902. The number of benzene rings is 2. The minimum Gasteiger partial charge on any atom is -0.398 e. The number of aryl methyl sites for hydroxylation is 2. The standard InChI is InChI=1S/C24H29F3N4O2/c1-15-3-4-17(16(2)11-15)7-10-29-14-23(8-9-23)31-21(32)13-30-22(33)19-12-18(24(25,26)27)5-6-20(19)28/h3-6,11-12,29H,7-10,13-14,28H2,1-2H3,(H,30,33)(H,31,32). The van der Waals surface area contributed by atoms with Gasteiger partial charge in [0.15, 0.2) is 0 Å². The molecule has 0 unspecified atom stereocenters. The zero-order valence-corrected chi connectivity index (χ0v) is 18.7. The number of amides is 2. The van der Waals surface area contributed by atoms with Gasteiger partial charge in [-0.25, -0.2) is 0 Å². The number of nitrogen functional groups attached to an aromatic ring is 1. The SMILES string of the molecule is Cc1ccc(CCNCC2(NC(=O)CNC(=O)c3cc(C(F)(F)F)ccc3N)CC2)c(C)c1. The van der Waals surface area contributed by atoms with Gasteiger partial charge < -0.3 is 21.7 Å². The molecule has 2 aromatic carbocycles. The minimum atomic E-state index is -4.59. The molecule has 1 saturated carbocycles. The quantitative estimate of drug-likeness (QED) is 0.340. The number of halogens is 3. The van der Waals surface area contributed by atoms with Gasteiger partial charge in [0.05, 0.1) is 23.2 Å². The van der Waals surface area contributed by atoms with Gasteiger partial charge in [0.1, 0.15) is 0 Å². The summed E-state index contributed by atoms with van der Waals surface area (Å²) in [7, 11) is 0. The summed E-state index contributed by atoms with van der Waals surface area (Å²) >= 11 is 0. The lowest BCUT2D eigenvalue weighted by Crippen LogP contribution is -2.48. The van der Waals surface area contributed by atoms with E-state index in [1.807, 2.05) is 0 Å². The third kappa shape index (κ3) is 6.71. The van der Waals surface area contributed by atoms with E-state index in [-0.39, 0.29) is 23.3 Å². The molecule has 2 aromatic rings. The number of nitrogens with two attached hydrogens (primary N) is 1. The van der Waals surface area contributed by atoms with Gasteiger partial charge in [-0.2, -0.15) is 13.2 Å². The Balaban J connectivity index is 1.44. The lowest BCUT2D eigenvalue weighted by atomic mass is 10.0. The molecule has 0 saturated heterocycles. The Labute approximate surface area is 191 Å². The molecule has 0 radical (unpaired) electrons. The average Bonchev–Trinajstić information content (AvgIpc) is 3.49. The Morgan fingerprint density at radius 3 is 2.45 bits per heavy atom. The maximum absolute atomic E-state index is 12.9. The lowest BCUT2D eigenvalue weighted by molar-refractivity contribution is -0.137. The number of anilines is 1. The molecule has 1 aliphatic carbocycles. The molecule has 0 bridgehead atoms. The van der Waals surface area contributed by atoms with Crippen LogP contribution in [0.1, 0.15) is 45.5 Å². The zero-order chi connectivity index (χ0) is 24.2. The molecular weight excluding hydrogens is 433 g/mol. The Hall–Kier alpha value is -3.07. The smallest absolute Gasteiger partial charge is 0.398 e. The molecule has 0 atom stereocenters. The van der Waals surface area contributed by atoms with Gasteiger partial charge in [0.25, 0.3) is 5.91 Å². The van der Waals surface area contributed by atoms with Gasteiger partial charge >= 0.3 is 6.18 Å². The summed E-state index contributed by atoms with van der Waals surface area (Å²) in [6, 6.07) is 8.89. The Kier molecular flexibility index (Phi) is 7.31. The molecule has 0 spiro atoms. The van der Waals surface area contributed by atoms with Crippen LogP contribution in [0.3, 0.4) is 0 Å². The molecule has 9 heteroatoms. The number of alkyl halides is 3. The van der Waals surface area contributed by atoms with Gasteiger partial charge in [-0.3, -0.25) is 9.59 Å². The number of rotatable bonds is 9. The monoisotopic (exact) mass is 462 g/mol. The molecule has 5 N–H and O–H groups in total. The van der Waals surface area contributed by atoms with E-state index in [4.69, 9.17) is 5.73 Å². The fourth-order valence-electron chi connectivity index (χ4n) is 3.70. The van der Waals surface area contributed by atoms with Crippen molar-refractivity contribution in [3.8, 4) is 0 Å². The van der Waals surface area contributed by atoms with E-state index in [2.05, 4.69) is 48.0 Å². The predicted octanol–water partition coefficient (Wildman–Crippen LogP) is 3.12. The second kappa shape index (κ2) is 9.82. The highest BCUT2D eigenvalue weighted by Crippen LogP contribution is 2.34. The topological polar surface area (TPSA) is 96.2 Å². The van der Waals surface area contributed by atoms with Gasteiger partial charge in [0.2, 0.25) is 5.91 Å². The van der Waals surface area contributed by atoms with Crippen molar-refractivity contribution in [2.75, 3.05) is 25.4 Å². The highest BCUT2D eigenvalue weighted by atomic mass is 19.4. The third-order valence-electron chi connectivity index (χ3n) is 5.83. The second-order valence-corrected chi connectivity index (χ2v) is 8.67. The summed E-state index contributed by atoms with van der Waals surface area (Å²) in [6.07, 6.45) is -2.07. The number of carbonyl (C=O) groups excluding carboxylic acids is 2. The maximum atomic E-state index is 12.9. The van der Waals surface area contributed by atoms with Gasteiger partial charge in [-0.15, -0.1) is 0 Å². The second-order valence-electron chi connectivity index (χ2n) is 8.67. The summed E-state index contributed by atoms with van der Waals surface area (Å²) < 4.78 is 38.7. The first-order valence-corrected chi connectivity index (χ1v) is 10.8. The van der Waals surface area contributed by atoms with Crippen molar-refractivity contribution in [2.45, 2.75) is 44.8 Å². The van der Waals surface area contributed by atoms with Crippen LogP contribution >= 0.6 is 0 Å². The van der Waals surface area contributed by atoms with Crippen molar-refractivity contribution in [2.24, 2.45) is 0 Å². The molecule has 6 nitrogen and oxygen atoms in total. The van der Waals surface area contributed by atoms with Crippen molar-refractivity contribution < 1.29 is 22.8 Å². The number of nitrogens with one attached hydrogen (secondary N) is 3. The van der Waals surface area contributed by atoms with Crippen LogP contribution in [-0.2, 0) is 17.4 Å². The van der Waals surface area contributed by atoms with Crippen molar-refractivity contribution in [1.82, 2.24) is 16.0 Å². The Morgan fingerprint density at radius 2 is 1.82 bits per heavy atom. The van der Waals surface area contributed by atoms with Crippen LogP contribution in [0, 0.1) is 13.8 Å². The maximum Gasteiger partial charge on any atom is 0.416 e. The summed E-state index contributed by atoms with van der Waals surface area (Å²) in [6.45, 7) is 5.18. The van der Waals surface area contributed by atoms with Crippen molar-refractivity contribution in [3.63, 3.8) is 0 Å². The molecule has 0 aliphatic heterocycles. The summed E-state index contributed by atoms with van der Waals surface area (Å²) in [5.41, 5.74) is 7.67. The number of carbonyl (C=O) groups is 2. The van der Waals surface area contributed by atoms with Crippen LogP contribution in [-0.4, -0.2) is 37.0 Å². The molecule has 3 rings (SSSR count). The normalized spacial score (nSPS) is 14.6. The number of hydrogen-bond acceptors (Lipinski definition) is 4. The zero-order valence-electron chi connectivity index (χ0n) is 18.7. The summed E-state index contributed by atoms with van der Waals surface area (Å²) in [5, 5.41) is 8.64. The third-order valence-corrected chi connectivity index (χ3v) is 5.83. The first-order valence-electron chi connectivity index (χ1n) is 10.8. The van der Waals surface area contributed by atoms with Gasteiger partial charge in [0, 0.05) is 12.2 Å². The van der Waals surface area contributed by atoms with E-state index in [9.17, 15) is 22.8 Å². The van der Waals surface area contributed by atoms with Crippen LogP contribution in [0.4, 0.5) is 18.9 Å². The lowest BCUT2D eigenvalue weighted by Gasteiger charge is -2.19. The van der Waals surface area contributed by atoms with E-state index >= 15 is 0 Å². The van der Waals surface area contributed by atoms with E-state index in [0.29, 0.717) is 12.6 Å². The van der Waals surface area contributed by atoms with E-state index in [1.165, 1.54) is 16.7 Å². The highest BCUT2D eigenvalue weighted by Gasteiger charge is 2.43. The van der Waals surface area contributed by atoms with E-state index in [1.54, 1.807) is 0 Å². The van der Waals surface area contributed by atoms with Crippen molar-refractivity contribution >= 4 is 17.5 Å². The predicted molar refractivity (Wildman–Crippen MR) is 121 cm³/mol. The molecule has 1 aliphatic rings. The molecule has 2 amide bonds. The van der Waals surface area contributed by atoms with Crippen LogP contribution in [0.25, 0.3) is 0 Å². The van der Waals surface area contributed by atoms with Crippen molar-refractivity contribution in [1.29, 1.82) is 0 Å². The molecule has 0 aromatic heterocycles. The van der Waals surface area contributed by atoms with Crippen molar-refractivity contribution in [3.05, 3.63) is 64.2 Å². The fourth-order valence-corrected chi connectivity index (χ4v) is 3.70. The first kappa shape index (κ1) is 24.6. The summed E-state index contributed by atoms with van der Waals surface area (Å²) in [5.74, 6) is -1.23. The van der Waals surface area contributed by atoms with E-state index < -0.39 is 23.6 Å². The Morgan fingerprint density at radius 1 is 1.09 bits per heavy atom. The van der Waals surface area contributed by atoms with Gasteiger partial charge in [-0.1, -0.05) is 23.8 Å². The number of hydrogen-bond donors (Lipinski definition) is 4. The largest absolute Gasteiger partial charge is 0.416 e. The molecule has 0 heterocycles. The fraction of sp³-hybridized carbons (Fsp3) is 0.417. The molecule has 1 fully saturated rings. The Bertz CT molecular complexity index is 1030. The molecule has 178 valence electrons. The first-order chi connectivity index (χ1) is 15.5. The molecule has 33 heavy (non-hydrogen) atoms. The van der Waals surface area contributed by atoms with Crippen LogP contribution in [0.2, 0.25) is 0 Å². The highest BCUT2D eigenvalue weighted by molar-refractivity contribution is 6.00. The van der Waals surface area contributed by atoms with E-state index in [0.717, 1.165) is 37.9 Å². The molecular formula is C24H29F3N4O2. The average molecular weight is 463 g/mol. The van der Waals surface area contributed by atoms with Gasteiger partial charge in [-0.05, 0) is 69.0 Å². The van der Waals surface area contributed by atoms with Crippen LogP contribution < -0.4 is 21.7 Å². The van der Waals surface area contributed by atoms with Crippen LogP contribution in [0.5, 0.6) is 0 Å². The van der Waals surface area contributed by atoms with Crippen LogP contribution in [0.15, 0.2) is 36.4 Å². The summed E-state index contributed by atoms with van der Waals surface area (Å²) in [4.78, 5) is 24.6.